The summed E-state index contributed by atoms with van der Waals surface area (Å²) in [5.74, 6) is -0.502. The van der Waals surface area contributed by atoms with Gasteiger partial charge in [0.25, 0.3) is 0 Å². The van der Waals surface area contributed by atoms with Gasteiger partial charge in [0, 0.05) is 12.8 Å². The van der Waals surface area contributed by atoms with E-state index in [1.165, 1.54) is 4.90 Å². The summed E-state index contributed by atoms with van der Waals surface area (Å²) in [6, 6.07) is -0.561. The van der Waals surface area contributed by atoms with Crippen molar-refractivity contribution in [2.45, 2.75) is 51.6 Å². The molecule has 2 amide bonds. The summed E-state index contributed by atoms with van der Waals surface area (Å²) >= 11 is 0. The maximum Gasteiger partial charge on any atom is 0.248 e. The van der Waals surface area contributed by atoms with E-state index in [1.807, 2.05) is 13.8 Å². The highest BCUT2D eigenvalue weighted by Crippen LogP contribution is 2.23. The van der Waals surface area contributed by atoms with Crippen molar-refractivity contribution in [3.05, 3.63) is 0 Å². The molecule has 0 spiro atoms. The predicted molar refractivity (Wildman–Crippen MR) is 77.0 cm³/mol. The van der Waals surface area contributed by atoms with Crippen LogP contribution in [-0.2, 0) is 19.4 Å². The van der Waals surface area contributed by atoms with Crippen LogP contribution < -0.4 is 5.32 Å². The van der Waals surface area contributed by atoms with Crippen molar-refractivity contribution in [1.82, 2.24) is 10.2 Å². The van der Waals surface area contributed by atoms with Crippen LogP contribution in [0.2, 0.25) is 0 Å². The van der Waals surface area contributed by atoms with Gasteiger partial charge in [-0.25, -0.2) is 8.42 Å². The molecule has 0 aromatic carbocycles. The fourth-order valence-corrected chi connectivity index (χ4v) is 2.86. The van der Waals surface area contributed by atoms with E-state index >= 15 is 0 Å². The molecule has 1 saturated heterocycles. The Morgan fingerprint density at radius 3 is 2.35 bits per heavy atom. The van der Waals surface area contributed by atoms with Crippen molar-refractivity contribution in [3.63, 3.8) is 0 Å². The first kappa shape index (κ1) is 16.9. The summed E-state index contributed by atoms with van der Waals surface area (Å²) in [6.07, 6.45) is 2.91. The summed E-state index contributed by atoms with van der Waals surface area (Å²) in [4.78, 5) is 26.2. The van der Waals surface area contributed by atoms with E-state index in [9.17, 15) is 18.0 Å². The van der Waals surface area contributed by atoms with Crippen molar-refractivity contribution < 1.29 is 18.0 Å². The van der Waals surface area contributed by atoms with Crippen LogP contribution in [0.4, 0.5) is 0 Å². The zero-order valence-corrected chi connectivity index (χ0v) is 13.4. The number of amides is 2. The molecule has 2 unspecified atom stereocenters. The summed E-state index contributed by atoms with van der Waals surface area (Å²) in [7, 11) is -3.17. The number of carbonyl (C=O) groups excluding carboxylic acids is 2. The minimum absolute atomic E-state index is 0.0747. The molecule has 1 aliphatic heterocycles. The molecule has 6 nitrogen and oxygen atoms in total. The zero-order valence-electron chi connectivity index (χ0n) is 12.6. The second-order valence-corrected chi connectivity index (χ2v) is 7.87. The maximum atomic E-state index is 12.5. The third kappa shape index (κ3) is 3.71. The van der Waals surface area contributed by atoms with Crippen molar-refractivity contribution in [2.75, 3.05) is 18.6 Å². The highest BCUT2D eigenvalue weighted by atomic mass is 32.2. The predicted octanol–water partition coefficient (Wildman–Crippen LogP) is 0.327. The minimum Gasteiger partial charge on any atom is -0.340 e. The van der Waals surface area contributed by atoms with Gasteiger partial charge in [0.2, 0.25) is 11.8 Å². The maximum absolute atomic E-state index is 12.5. The van der Waals surface area contributed by atoms with Gasteiger partial charge in [0.1, 0.15) is 21.4 Å². The molecular formula is C13H24N2O4S. The first-order chi connectivity index (χ1) is 9.14. The molecule has 0 saturated carbocycles. The standard InChI is InChI=1S/C13H24N2O4S/c1-5-7-10-11(16)14-13(3,6-2)12(17)15(10)8-9-20(4,18)19/h10H,5-9H2,1-4H3,(H,14,16). The fourth-order valence-electron chi connectivity index (χ4n) is 2.33. The summed E-state index contributed by atoms with van der Waals surface area (Å²) in [5.41, 5.74) is -0.932. The smallest absolute Gasteiger partial charge is 0.248 e. The molecule has 116 valence electrons. The van der Waals surface area contributed by atoms with Gasteiger partial charge >= 0.3 is 0 Å². The molecule has 0 aromatic heterocycles. The van der Waals surface area contributed by atoms with E-state index in [1.54, 1.807) is 6.92 Å². The number of carbonyl (C=O) groups is 2. The van der Waals surface area contributed by atoms with Crippen molar-refractivity contribution in [3.8, 4) is 0 Å². The van der Waals surface area contributed by atoms with Crippen LogP contribution in [0.3, 0.4) is 0 Å². The van der Waals surface area contributed by atoms with Crippen molar-refractivity contribution in [1.29, 1.82) is 0 Å². The number of hydrogen-bond donors (Lipinski definition) is 1. The van der Waals surface area contributed by atoms with Crippen LogP contribution in [0.25, 0.3) is 0 Å². The molecule has 1 N–H and O–H groups in total. The van der Waals surface area contributed by atoms with Crippen molar-refractivity contribution >= 4 is 21.7 Å². The summed E-state index contributed by atoms with van der Waals surface area (Å²) in [5, 5.41) is 2.77. The Hall–Kier alpha value is -1.11. The summed E-state index contributed by atoms with van der Waals surface area (Å²) < 4.78 is 22.6. The number of nitrogens with one attached hydrogen (secondary N) is 1. The molecule has 7 heteroatoms. The highest BCUT2D eigenvalue weighted by molar-refractivity contribution is 7.90. The molecule has 0 aliphatic carbocycles. The van der Waals surface area contributed by atoms with Crippen LogP contribution in [-0.4, -0.2) is 55.3 Å². The Morgan fingerprint density at radius 2 is 1.90 bits per heavy atom. The number of nitrogens with zero attached hydrogens (tertiary/aromatic N) is 1. The molecule has 1 heterocycles. The van der Waals surface area contributed by atoms with Crippen molar-refractivity contribution in [2.24, 2.45) is 0 Å². The lowest BCUT2D eigenvalue weighted by Gasteiger charge is -2.44. The first-order valence-corrected chi connectivity index (χ1v) is 9.01. The first-order valence-electron chi connectivity index (χ1n) is 6.95. The Bertz CT molecular complexity index is 489. The molecule has 20 heavy (non-hydrogen) atoms. The average Bonchev–Trinajstić information content (AvgIpc) is 2.34. The molecule has 1 fully saturated rings. The molecule has 0 radical (unpaired) electrons. The third-order valence-electron chi connectivity index (χ3n) is 3.78. The summed E-state index contributed by atoms with van der Waals surface area (Å²) in [6.45, 7) is 5.52. The van der Waals surface area contributed by atoms with Gasteiger partial charge in [-0.2, -0.15) is 0 Å². The quantitative estimate of drug-likeness (QED) is 0.766. The Labute approximate surface area is 120 Å². The van der Waals surface area contributed by atoms with Gasteiger partial charge in [-0.3, -0.25) is 9.59 Å². The largest absolute Gasteiger partial charge is 0.340 e. The number of sulfone groups is 1. The second-order valence-electron chi connectivity index (χ2n) is 5.61. The normalized spacial score (nSPS) is 27.6. The SMILES string of the molecule is CCCC1C(=O)NC(C)(CC)C(=O)N1CCS(C)(=O)=O. The molecule has 0 aromatic rings. The fraction of sp³-hybridized carbons (Fsp3) is 0.846. The van der Waals surface area contributed by atoms with E-state index in [-0.39, 0.29) is 24.1 Å². The van der Waals surface area contributed by atoms with E-state index < -0.39 is 21.4 Å². The van der Waals surface area contributed by atoms with Crippen LogP contribution in [0.5, 0.6) is 0 Å². The van der Waals surface area contributed by atoms with E-state index in [0.717, 1.165) is 12.7 Å². The van der Waals surface area contributed by atoms with E-state index in [0.29, 0.717) is 12.8 Å². The lowest BCUT2D eigenvalue weighted by atomic mass is 9.91. The topological polar surface area (TPSA) is 83.6 Å². The molecule has 2 atom stereocenters. The van der Waals surface area contributed by atoms with E-state index in [4.69, 9.17) is 0 Å². The van der Waals surface area contributed by atoms with Gasteiger partial charge in [0.15, 0.2) is 0 Å². The van der Waals surface area contributed by atoms with Crippen LogP contribution in [0.15, 0.2) is 0 Å². The Morgan fingerprint density at radius 1 is 1.30 bits per heavy atom. The monoisotopic (exact) mass is 304 g/mol. The van der Waals surface area contributed by atoms with Crippen LogP contribution >= 0.6 is 0 Å². The minimum atomic E-state index is -3.17. The average molecular weight is 304 g/mol. The molecule has 0 bridgehead atoms. The van der Waals surface area contributed by atoms with Gasteiger partial charge in [-0.1, -0.05) is 20.3 Å². The molecule has 1 aliphatic rings. The van der Waals surface area contributed by atoms with Gasteiger partial charge < -0.3 is 10.2 Å². The van der Waals surface area contributed by atoms with Crippen LogP contribution in [0.1, 0.15) is 40.0 Å². The van der Waals surface area contributed by atoms with Gasteiger partial charge in [-0.05, 0) is 19.8 Å². The molecule has 1 rings (SSSR count). The van der Waals surface area contributed by atoms with E-state index in [2.05, 4.69) is 5.32 Å². The van der Waals surface area contributed by atoms with Gasteiger partial charge in [0.05, 0.1) is 5.75 Å². The third-order valence-corrected chi connectivity index (χ3v) is 4.71. The second kappa shape index (κ2) is 6.11. The number of piperazine rings is 1. The van der Waals surface area contributed by atoms with Gasteiger partial charge in [-0.15, -0.1) is 0 Å². The number of rotatable bonds is 6. The Balaban J connectivity index is 3.01. The number of hydrogen-bond acceptors (Lipinski definition) is 4. The van der Waals surface area contributed by atoms with Crippen LogP contribution in [0, 0.1) is 0 Å². The lowest BCUT2D eigenvalue weighted by molar-refractivity contribution is -0.154. The zero-order chi connectivity index (χ0) is 15.6. The Kier molecular flexibility index (Phi) is 5.18. The lowest BCUT2D eigenvalue weighted by Crippen LogP contribution is -2.69. The molecular weight excluding hydrogens is 280 g/mol. The highest BCUT2D eigenvalue weighted by Gasteiger charge is 2.46.